The Bertz CT molecular complexity index is 693. The number of benzene rings is 1. The Morgan fingerprint density at radius 1 is 1.25 bits per heavy atom. The van der Waals surface area contributed by atoms with Crippen molar-refractivity contribution in [1.82, 2.24) is 0 Å². The summed E-state index contributed by atoms with van der Waals surface area (Å²) >= 11 is 0. The van der Waals surface area contributed by atoms with E-state index in [1.165, 1.54) is 12.1 Å². The van der Waals surface area contributed by atoms with Crippen molar-refractivity contribution >= 4 is 15.7 Å². The standard InChI is InChI=1S/C11H9F3N2O3S/c12-11(13,14)8-3-1-2-4-9(8)19-6-7-5-10(15)20(17,18)16-7/h1-5H,6,15H2. The molecule has 0 bridgehead atoms. The minimum Gasteiger partial charge on any atom is -0.487 e. The van der Waals surface area contributed by atoms with E-state index in [9.17, 15) is 21.6 Å². The normalized spacial score (nSPS) is 17.6. The Hall–Kier alpha value is -2.03. The van der Waals surface area contributed by atoms with E-state index >= 15 is 0 Å². The molecular weight excluding hydrogens is 297 g/mol. The zero-order chi connectivity index (χ0) is 15.0. The van der Waals surface area contributed by atoms with Crippen molar-refractivity contribution < 1.29 is 26.3 Å². The van der Waals surface area contributed by atoms with Crippen LogP contribution in [0.15, 0.2) is 39.8 Å². The Kier molecular flexibility index (Phi) is 3.46. The Morgan fingerprint density at radius 3 is 2.45 bits per heavy atom. The fourth-order valence-electron chi connectivity index (χ4n) is 1.52. The predicted octanol–water partition coefficient (Wildman–Crippen LogP) is 1.67. The van der Waals surface area contributed by atoms with E-state index in [0.29, 0.717) is 0 Å². The van der Waals surface area contributed by atoms with Crippen LogP contribution < -0.4 is 10.5 Å². The van der Waals surface area contributed by atoms with E-state index in [-0.39, 0.29) is 5.71 Å². The van der Waals surface area contributed by atoms with E-state index in [1.54, 1.807) is 0 Å². The molecule has 9 heteroatoms. The summed E-state index contributed by atoms with van der Waals surface area (Å²) in [5.41, 5.74) is 4.19. The molecule has 1 aliphatic rings. The van der Waals surface area contributed by atoms with Crippen LogP contribution in [0.5, 0.6) is 5.75 Å². The van der Waals surface area contributed by atoms with Crippen LogP contribution in [0.4, 0.5) is 13.2 Å². The summed E-state index contributed by atoms with van der Waals surface area (Å²) in [6.45, 7) is -0.424. The van der Waals surface area contributed by atoms with E-state index in [0.717, 1.165) is 18.2 Å². The number of para-hydroxylation sites is 1. The van der Waals surface area contributed by atoms with Crippen LogP contribution in [0.1, 0.15) is 5.56 Å². The first-order valence-electron chi connectivity index (χ1n) is 5.30. The van der Waals surface area contributed by atoms with Gasteiger partial charge in [-0.2, -0.15) is 26.0 Å². The van der Waals surface area contributed by atoms with Gasteiger partial charge in [-0.1, -0.05) is 12.1 Å². The van der Waals surface area contributed by atoms with Gasteiger partial charge in [0.1, 0.15) is 12.4 Å². The fourth-order valence-corrected chi connectivity index (χ4v) is 2.32. The number of alkyl halides is 3. The quantitative estimate of drug-likeness (QED) is 0.921. The minimum absolute atomic E-state index is 0.0560. The van der Waals surface area contributed by atoms with Gasteiger partial charge in [-0.15, -0.1) is 0 Å². The van der Waals surface area contributed by atoms with Crippen molar-refractivity contribution in [3.8, 4) is 5.75 Å². The molecule has 0 atom stereocenters. The third-order valence-corrected chi connectivity index (χ3v) is 3.60. The number of sulfonamides is 1. The molecule has 0 unspecified atom stereocenters. The molecule has 1 aromatic rings. The summed E-state index contributed by atoms with van der Waals surface area (Å²) in [5.74, 6) is -0.404. The third-order valence-electron chi connectivity index (χ3n) is 2.41. The van der Waals surface area contributed by atoms with Crippen molar-refractivity contribution in [1.29, 1.82) is 0 Å². The summed E-state index contributed by atoms with van der Waals surface area (Å²) in [5, 5.41) is -0.458. The molecule has 108 valence electrons. The van der Waals surface area contributed by atoms with Gasteiger partial charge in [0, 0.05) is 6.08 Å². The molecule has 0 fully saturated rings. The molecule has 2 N–H and O–H groups in total. The largest absolute Gasteiger partial charge is 0.487 e. The molecule has 0 saturated carbocycles. The SMILES string of the molecule is NC1=CC(COc2ccccc2C(F)(F)F)=NS1(=O)=O. The van der Waals surface area contributed by atoms with Gasteiger partial charge in [-0.25, -0.2) is 0 Å². The van der Waals surface area contributed by atoms with Crippen LogP contribution >= 0.6 is 0 Å². The molecule has 1 aromatic carbocycles. The van der Waals surface area contributed by atoms with Crippen LogP contribution in [0.3, 0.4) is 0 Å². The Labute approximate surface area is 112 Å². The minimum atomic E-state index is -4.56. The smallest absolute Gasteiger partial charge is 0.419 e. The second kappa shape index (κ2) is 4.82. The van der Waals surface area contributed by atoms with Crippen LogP contribution in [-0.4, -0.2) is 20.7 Å². The van der Waals surface area contributed by atoms with Crippen LogP contribution in [0.2, 0.25) is 0 Å². The van der Waals surface area contributed by atoms with Gasteiger partial charge in [0.2, 0.25) is 0 Å². The summed E-state index contributed by atoms with van der Waals surface area (Å²) in [7, 11) is -3.89. The highest BCUT2D eigenvalue weighted by atomic mass is 32.2. The number of halogens is 3. The number of nitrogens with two attached hydrogens (primary N) is 1. The average molecular weight is 306 g/mol. The Morgan fingerprint density at radius 2 is 1.90 bits per heavy atom. The zero-order valence-electron chi connectivity index (χ0n) is 9.89. The van der Waals surface area contributed by atoms with Gasteiger partial charge >= 0.3 is 6.18 Å². The predicted molar refractivity (Wildman–Crippen MR) is 65.6 cm³/mol. The lowest BCUT2D eigenvalue weighted by Gasteiger charge is -2.12. The lowest BCUT2D eigenvalue weighted by Crippen LogP contribution is -2.12. The highest BCUT2D eigenvalue weighted by molar-refractivity contribution is 7.94. The lowest BCUT2D eigenvalue weighted by molar-refractivity contribution is -0.138. The second-order valence-corrected chi connectivity index (χ2v) is 5.49. The van der Waals surface area contributed by atoms with Crippen molar-refractivity contribution in [2.75, 3.05) is 6.61 Å². The highest BCUT2D eigenvalue weighted by Gasteiger charge is 2.34. The molecule has 0 radical (unpaired) electrons. The third kappa shape index (κ3) is 2.93. The zero-order valence-corrected chi connectivity index (χ0v) is 10.7. The summed E-state index contributed by atoms with van der Waals surface area (Å²) < 4.78 is 68.7. The van der Waals surface area contributed by atoms with Crippen LogP contribution in [-0.2, 0) is 16.2 Å². The van der Waals surface area contributed by atoms with Crippen molar-refractivity contribution in [3.63, 3.8) is 0 Å². The second-order valence-electron chi connectivity index (χ2n) is 3.89. The molecule has 20 heavy (non-hydrogen) atoms. The molecule has 0 amide bonds. The molecule has 5 nitrogen and oxygen atoms in total. The number of rotatable bonds is 3. The monoisotopic (exact) mass is 306 g/mol. The molecule has 0 aliphatic carbocycles. The highest BCUT2D eigenvalue weighted by Crippen LogP contribution is 2.35. The number of hydrogen-bond acceptors (Lipinski definition) is 4. The maximum Gasteiger partial charge on any atom is 0.419 e. The molecular formula is C11H9F3N2O3S. The Balaban J connectivity index is 2.18. The maximum atomic E-state index is 12.7. The van der Waals surface area contributed by atoms with Crippen molar-refractivity contribution in [2.45, 2.75) is 6.18 Å². The van der Waals surface area contributed by atoms with Gasteiger partial charge in [0.25, 0.3) is 10.0 Å². The van der Waals surface area contributed by atoms with Gasteiger partial charge in [-0.05, 0) is 12.1 Å². The van der Waals surface area contributed by atoms with Gasteiger partial charge in [0.15, 0.2) is 5.03 Å². The first kappa shape index (κ1) is 14.4. The van der Waals surface area contributed by atoms with Gasteiger partial charge < -0.3 is 10.5 Å². The maximum absolute atomic E-state index is 12.7. The number of hydrogen-bond donors (Lipinski definition) is 1. The van der Waals surface area contributed by atoms with Gasteiger partial charge in [0.05, 0.1) is 11.3 Å². The molecule has 0 saturated heterocycles. The number of nitrogens with zero attached hydrogens (tertiary/aromatic N) is 1. The van der Waals surface area contributed by atoms with E-state index in [4.69, 9.17) is 10.5 Å². The topological polar surface area (TPSA) is 81.8 Å². The first-order chi connectivity index (χ1) is 9.20. The molecule has 2 rings (SSSR count). The first-order valence-corrected chi connectivity index (χ1v) is 6.74. The molecule has 1 heterocycles. The van der Waals surface area contributed by atoms with Crippen molar-refractivity contribution in [2.24, 2.45) is 10.1 Å². The van der Waals surface area contributed by atoms with E-state index in [1.807, 2.05) is 0 Å². The van der Waals surface area contributed by atoms with E-state index < -0.39 is 39.1 Å². The van der Waals surface area contributed by atoms with Crippen LogP contribution in [0, 0.1) is 0 Å². The molecule has 0 aromatic heterocycles. The van der Waals surface area contributed by atoms with E-state index in [2.05, 4.69) is 4.40 Å². The average Bonchev–Trinajstić information content (AvgIpc) is 2.60. The van der Waals surface area contributed by atoms with Gasteiger partial charge in [-0.3, -0.25) is 0 Å². The summed E-state index contributed by atoms with van der Waals surface area (Å²) in [6, 6.07) is 4.61. The molecule has 0 spiro atoms. The number of ether oxygens (including phenoxy) is 1. The lowest BCUT2D eigenvalue weighted by atomic mass is 10.2. The van der Waals surface area contributed by atoms with Crippen molar-refractivity contribution in [3.05, 3.63) is 40.9 Å². The summed E-state index contributed by atoms with van der Waals surface area (Å²) in [4.78, 5) is 0. The molecule has 1 aliphatic heterocycles. The van der Waals surface area contributed by atoms with Crippen LogP contribution in [0.25, 0.3) is 0 Å². The fraction of sp³-hybridized carbons (Fsp3) is 0.182. The summed E-state index contributed by atoms with van der Waals surface area (Å²) in [6.07, 6.45) is -3.51.